The van der Waals surface area contributed by atoms with E-state index >= 15 is 0 Å². The van der Waals surface area contributed by atoms with Crippen LogP contribution in [0.2, 0.25) is 0 Å². The Labute approximate surface area is 128 Å². The van der Waals surface area contributed by atoms with Crippen LogP contribution in [0.1, 0.15) is 39.5 Å². The summed E-state index contributed by atoms with van der Waals surface area (Å²) in [5.74, 6) is 0.667. The average molecular weight is 298 g/mol. The zero-order chi connectivity index (χ0) is 15.1. The summed E-state index contributed by atoms with van der Waals surface area (Å²) in [7, 11) is 0. The van der Waals surface area contributed by atoms with Crippen molar-refractivity contribution in [1.82, 2.24) is 10.2 Å². The summed E-state index contributed by atoms with van der Waals surface area (Å²) in [4.78, 5) is 14.3. The molecular weight excluding hydrogens is 268 g/mol. The van der Waals surface area contributed by atoms with Crippen LogP contribution in [0.5, 0.6) is 0 Å². The highest BCUT2D eigenvalue weighted by molar-refractivity contribution is 5.77. The van der Waals surface area contributed by atoms with Crippen molar-refractivity contribution in [3.8, 4) is 0 Å². The summed E-state index contributed by atoms with van der Waals surface area (Å²) in [6.07, 6.45) is 4.77. The number of nitrogens with zero attached hydrogens (tertiary/aromatic N) is 1. The number of likely N-dealkylation sites (tertiary alicyclic amines) is 1. The quantitative estimate of drug-likeness (QED) is 0.736. The third kappa shape index (κ3) is 5.93. The van der Waals surface area contributed by atoms with Crippen molar-refractivity contribution in [2.24, 2.45) is 5.92 Å². The molecule has 1 N–H and O–H groups in total. The number of nitrogens with one attached hydrogen (secondary N) is 1. The Balaban J connectivity index is 1.57. The van der Waals surface area contributed by atoms with Crippen molar-refractivity contribution in [2.75, 3.05) is 39.5 Å². The maximum absolute atomic E-state index is 11.8. The summed E-state index contributed by atoms with van der Waals surface area (Å²) >= 11 is 0. The number of amides is 1. The molecular formula is C16H30N2O3. The number of hydrogen-bond acceptors (Lipinski definition) is 4. The molecule has 5 nitrogen and oxygen atoms in total. The van der Waals surface area contributed by atoms with Gasteiger partial charge in [-0.05, 0) is 38.1 Å². The maximum Gasteiger partial charge on any atom is 0.246 e. The van der Waals surface area contributed by atoms with E-state index in [4.69, 9.17) is 9.47 Å². The van der Waals surface area contributed by atoms with Crippen LogP contribution in [-0.2, 0) is 14.3 Å². The number of hydrogen-bond donors (Lipinski definition) is 1. The third-order valence-electron chi connectivity index (χ3n) is 4.19. The Morgan fingerprint density at radius 3 is 2.95 bits per heavy atom. The van der Waals surface area contributed by atoms with Crippen molar-refractivity contribution in [3.05, 3.63) is 0 Å². The van der Waals surface area contributed by atoms with Crippen LogP contribution in [0.3, 0.4) is 0 Å². The second-order valence-corrected chi connectivity index (χ2v) is 6.64. The van der Waals surface area contributed by atoms with Crippen LogP contribution in [0.15, 0.2) is 0 Å². The van der Waals surface area contributed by atoms with Gasteiger partial charge in [0, 0.05) is 25.7 Å². The zero-order valence-electron chi connectivity index (χ0n) is 13.5. The van der Waals surface area contributed by atoms with Crippen molar-refractivity contribution in [3.63, 3.8) is 0 Å². The lowest BCUT2D eigenvalue weighted by Gasteiger charge is -2.26. The highest BCUT2D eigenvalue weighted by Crippen LogP contribution is 2.17. The number of ether oxygens (including phenoxy) is 2. The molecule has 0 aromatic heterocycles. The molecule has 0 aliphatic carbocycles. The SMILES string of the molecule is CC(C)CN1CCC[C@@H]1CNC(=O)COC[C@H]1CCCO1. The molecule has 0 spiro atoms. The van der Waals surface area contributed by atoms with Gasteiger partial charge in [-0.1, -0.05) is 13.8 Å². The molecule has 21 heavy (non-hydrogen) atoms. The topological polar surface area (TPSA) is 50.8 Å². The van der Waals surface area contributed by atoms with E-state index < -0.39 is 0 Å². The van der Waals surface area contributed by atoms with Crippen LogP contribution in [0.25, 0.3) is 0 Å². The van der Waals surface area contributed by atoms with Crippen LogP contribution in [0.4, 0.5) is 0 Å². The minimum absolute atomic E-state index is 0.00982. The number of rotatable bonds is 8. The molecule has 0 radical (unpaired) electrons. The lowest BCUT2D eigenvalue weighted by molar-refractivity contribution is -0.127. The summed E-state index contributed by atoms with van der Waals surface area (Å²) in [5.41, 5.74) is 0. The van der Waals surface area contributed by atoms with E-state index in [0.717, 1.165) is 39.1 Å². The molecule has 1 amide bonds. The largest absolute Gasteiger partial charge is 0.376 e. The minimum atomic E-state index is -0.00982. The van der Waals surface area contributed by atoms with E-state index in [-0.39, 0.29) is 18.6 Å². The summed E-state index contributed by atoms with van der Waals surface area (Å²) < 4.78 is 10.9. The second-order valence-electron chi connectivity index (χ2n) is 6.64. The fourth-order valence-corrected chi connectivity index (χ4v) is 3.18. The van der Waals surface area contributed by atoms with E-state index in [1.165, 1.54) is 12.8 Å². The van der Waals surface area contributed by atoms with Crippen LogP contribution >= 0.6 is 0 Å². The number of carbonyl (C=O) groups is 1. The first-order valence-corrected chi connectivity index (χ1v) is 8.35. The fourth-order valence-electron chi connectivity index (χ4n) is 3.18. The fraction of sp³-hybridized carbons (Fsp3) is 0.938. The maximum atomic E-state index is 11.8. The summed E-state index contributed by atoms with van der Waals surface area (Å²) in [6.45, 7) is 9.03. The van der Waals surface area contributed by atoms with Crippen LogP contribution in [0, 0.1) is 5.92 Å². The van der Waals surface area contributed by atoms with E-state index in [1.54, 1.807) is 0 Å². The van der Waals surface area contributed by atoms with Gasteiger partial charge in [0.2, 0.25) is 5.91 Å². The summed E-state index contributed by atoms with van der Waals surface area (Å²) in [6, 6.07) is 0.495. The number of carbonyl (C=O) groups excluding carboxylic acids is 1. The molecule has 2 atom stereocenters. The van der Waals surface area contributed by atoms with Gasteiger partial charge in [-0.15, -0.1) is 0 Å². The van der Waals surface area contributed by atoms with Gasteiger partial charge < -0.3 is 14.8 Å². The second kappa shape index (κ2) is 8.71. The lowest BCUT2D eigenvalue weighted by atomic mass is 10.1. The molecule has 0 aromatic rings. The van der Waals surface area contributed by atoms with Crippen molar-refractivity contribution in [1.29, 1.82) is 0 Å². The van der Waals surface area contributed by atoms with Gasteiger partial charge in [-0.3, -0.25) is 9.69 Å². The van der Waals surface area contributed by atoms with Gasteiger partial charge >= 0.3 is 0 Å². The molecule has 2 fully saturated rings. The van der Waals surface area contributed by atoms with E-state index in [0.29, 0.717) is 18.6 Å². The molecule has 2 saturated heterocycles. The van der Waals surface area contributed by atoms with Gasteiger partial charge in [0.15, 0.2) is 0 Å². The predicted molar refractivity (Wildman–Crippen MR) is 82.2 cm³/mol. The van der Waals surface area contributed by atoms with Gasteiger partial charge in [-0.2, -0.15) is 0 Å². The standard InChI is InChI=1S/C16H30N2O3/c1-13(2)10-18-7-3-5-14(18)9-17-16(19)12-20-11-15-6-4-8-21-15/h13-15H,3-12H2,1-2H3,(H,17,19)/t14-,15-/m1/s1. The van der Waals surface area contributed by atoms with E-state index in [1.807, 2.05) is 0 Å². The molecule has 0 unspecified atom stereocenters. The van der Waals surface area contributed by atoms with Gasteiger partial charge in [0.1, 0.15) is 6.61 Å². The molecule has 0 aromatic carbocycles. The smallest absolute Gasteiger partial charge is 0.246 e. The zero-order valence-corrected chi connectivity index (χ0v) is 13.5. The van der Waals surface area contributed by atoms with E-state index in [9.17, 15) is 4.79 Å². The Morgan fingerprint density at radius 1 is 1.38 bits per heavy atom. The Morgan fingerprint density at radius 2 is 2.24 bits per heavy atom. The third-order valence-corrected chi connectivity index (χ3v) is 4.19. The highest BCUT2D eigenvalue weighted by atomic mass is 16.5. The predicted octanol–water partition coefficient (Wildman–Crippen LogP) is 1.42. The van der Waals surface area contributed by atoms with E-state index in [2.05, 4.69) is 24.1 Å². The lowest BCUT2D eigenvalue weighted by Crippen LogP contribution is -2.42. The van der Waals surface area contributed by atoms with Crippen molar-refractivity contribution < 1.29 is 14.3 Å². The molecule has 0 saturated carbocycles. The average Bonchev–Trinajstić information content (AvgIpc) is 3.07. The van der Waals surface area contributed by atoms with Gasteiger partial charge in [-0.25, -0.2) is 0 Å². The molecule has 0 bridgehead atoms. The molecule has 2 aliphatic rings. The molecule has 122 valence electrons. The Hall–Kier alpha value is -0.650. The van der Waals surface area contributed by atoms with Crippen molar-refractivity contribution in [2.45, 2.75) is 51.7 Å². The van der Waals surface area contributed by atoms with Crippen LogP contribution < -0.4 is 5.32 Å². The van der Waals surface area contributed by atoms with Crippen LogP contribution in [-0.4, -0.2) is 62.4 Å². The highest BCUT2D eigenvalue weighted by Gasteiger charge is 2.25. The minimum Gasteiger partial charge on any atom is -0.376 e. The monoisotopic (exact) mass is 298 g/mol. The first-order chi connectivity index (χ1) is 10.1. The molecule has 2 heterocycles. The Kier molecular flexibility index (Phi) is 6.93. The Bertz CT molecular complexity index is 317. The normalized spacial score (nSPS) is 26.6. The molecule has 5 heteroatoms. The van der Waals surface area contributed by atoms with Gasteiger partial charge in [0.05, 0.1) is 12.7 Å². The van der Waals surface area contributed by atoms with Crippen molar-refractivity contribution >= 4 is 5.91 Å². The molecule has 2 aliphatic heterocycles. The summed E-state index contributed by atoms with van der Waals surface area (Å²) in [5, 5.41) is 3.01. The first-order valence-electron chi connectivity index (χ1n) is 8.35. The van der Waals surface area contributed by atoms with Gasteiger partial charge in [0.25, 0.3) is 0 Å². The first kappa shape index (κ1) is 16.7. The molecule has 2 rings (SSSR count).